The molecule has 0 saturated carbocycles. The zero-order valence-electron chi connectivity index (χ0n) is 8.98. The second kappa shape index (κ2) is 4.74. The van der Waals surface area contributed by atoms with Crippen LogP contribution < -0.4 is 4.90 Å². The highest BCUT2D eigenvalue weighted by molar-refractivity contribution is 5.97. The molecule has 1 amide bonds. The maximum absolute atomic E-state index is 12.7. The minimum Gasteiger partial charge on any atom is -0.480 e. The van der Waals surface area contributed by atoms with Gasteiger partial charge < -0.3 is 5.11 Å². The van der Waals surface area contributed by atoms with Gasteiger partial charge in [0.1, 0.15) is 11.9 Å². The molecule has 16 heavy (non-hydrogen) atoms. The Balaban J connectivity index is 3.07. The molecule has 0 bridgehead atoms. The fourth-order valence-corrected chi connectivity index (χ4v) is 1.39. The zero-order chi connectivity index (χ0) is 12.3. The molecule has 4 nitrogen and oxygen atoms in total. The molecule has 86 valence electrons. The highest BCUT2D eigenvalue weighted by atomic mass is 19.1. The number of carboxylic acids is 1. The first kappa shape index (κ1) is 12.2. The molecular formula is C11H12FNO3. The van der Waals surface area contributed by atoms with E-state index in [0.29, 0.717) is 5.69 Å². The van der Waals surface area contributed by atoms with Crippen molar-refractivity contribution < 1.29 is 19.1 Å². The van der Waals surface area contributed by atoms with Crippen LogP contribution in [0.5, 0.6) is 0 Å². The second-order valence-electron chi connectivity index (χ2n) is 3.38. The Bertz CT molecular complexity index is 402. The Kier molecular flexibility index (Phi) is 3.60. The number of carbonyl (C=O) groups is 2. The van der Waals surface area contributed by atoms with Crippen LogP contribution in [0.3, 0.4) is 0 Å². The van der Waals surface area contributed by atoms with Crippen LogP contribution in [0.2, 0.25) is 0 Å². The van der Waals surface area contributed by atoms with E-state index in [1.54, 1.807) is 0 Å². The number of amides is 1. The molecule has 0 radical (unpaired) electrons. The summed E-state index contributed by atoms with van der Waals surface area (Å²) in [6.07, 6.45) is 0. The van der Waals surface area contributed by atoms with Crippen LogP contribution in [-0.2, 0) is 9.59 Å². The van der Waals surface area contributed by atoms with Crippen molar-refractivity contribution in [2.24, 2.45) is 0 Å². The Morgan fingerprint density at radius 3 is 2.19 bits per heavy atom. The summed E-state index contributed by atoms with van der Waals surface area (Å²) in [5.74, 6) is -1.95. The van der Waals surface area contributed by atoms with E-state index < -0.39 is 23.7 Å². The number of nitrogens with zero attached hydrogens (tertiary/aromatic N) is 1. The van der Waals surface area contributed by atoms with Crippen molar-refractivity contribution >= 4 is 17.6 Å². The summed E-state index contributed by atoms with van der Waals surface area (Å²) in [5.41, 5.74) is 0.365. The highest BCUT2D eigenvalue weighted by Gasteiger charge is 2.24. The lowest BCUT2D eigenvalue weighted by atomic mass is 10.2. The molecule has 1 unspecified atom stereocenters. The van der Waals surface area contributed by atoms with Crippen LogP contribution in [0.4, 0.5) is 10.1 Å². The third kappa shape index (κ3) is 2.56. The third-order valence-electron chi connectivity index (χ3n) is 2.19. The summed E-state index contributed by atoms with van der Waals surface area (Å²) in [6.45, 7) is 2.66. The SMILES string of the molecule is CC(=O)N(c1ccc(F)cc1)C(C)C(=O)O. The van der Waals surface area contributed by atoms with Gasteiger partial charge in [0.05, 0.1) is 0 Å². The third-order valence-corrected chi connectivity index (χ3v) is 2.19. The smallest absolute Gasteiger partial charge is 0.326 e. The molecule has 0 aliphatic rings. The number of aliphatic carboxylic acids is 1. The van der Waals surface area contributed by atoms with Crippen molar-refractivity contribution in [2.45, 2.75) is 19.9 Å². The van der Waals surface area contributed by atoms with Gasteiger partial charge in [0.2, 0.25) is 5.91 Å². The van der Waals surface area contributed by atoms with E-state index in [-0.39, 0.29) is 0 Å². The van der Waals surface area contributed by atoms with Gasteiger partial charge in [0, 0.05) is 12.6 Å². The van der Waals surface area contributed by atoms with Crippen molar-refractivity contribution in [3.63, 3.8) is 0 Å². The number of carboxylic acid groups (broad SMARTS) is 1. The quantitative estimate of drug-likeness (QED) is 0.850. The summed E-state index contributed by atoms with van der Waals surface area (Å²) in [6, 6.07) is 4.12. The first-order chi connectivity index (χ1) is 7.43. The Morgan fingerprint density at radius 2 is 1.81 bits per heavy atom. The summed E-state index contributed by atoms with van der Waals surface area (Å²) >= 11 is 0. The van der Waals surface area contributed by atoms with Gasteiger partial charge in [-0.15, -0.1) is 0 Å². The average molecular weight is 225 g/mol. The largest absolute Gasteiger partial charge is 0.480 e. The molecule has 1 N–H and O–H groups in total. The molecule has 1 rings (SSSR count). The fraction of sp³-hybridized carbons (Fsp3) is 0.273. The highest BCUT2D eigenvalue weighted by Crippen LogP contribution is 2.18. The lowest BCUT2D eigenvalue weighted by Gasteiger charge is -2.25. The molecule has 0 aromatic heterocycles. The summed E-state index contributed by atoms with van der Waals surface area (Å²) in [5, 5.41) is 8.85. The first-order valence-electron chi connectivity index (χ1n) is 4.71. The Labute approximate surface area is 92.3 Å². The minimum atomic E-state index is -1.11. The van der Waals surface area contributed by atoms with Gasteiger partial charge >= 0.3 is 5.97 Å². The molecule has 1 aromatic carbocycles. The van der Waals surface area contributed by atoms with Gasteiger partial charge in [-0.2, -0.15) is 0 Å². The monoisotopic (exact) mass is 225 g/mol. The van der Waals surface area contributed by atoms with Gasteiger partial charge in [0.15, 0.2) is 0 Å². The standard InChI is InChI=1S/C11H12FNO3/c1-7(11(15)16)13(8(2)14)10-5-3-9(12)4-6-10/h3-7H,1-2H3,(H,15,16). The van der Waals surface area contributed by atoms with Gasteiger partial charge in [-0.1, -0.05) is 0 Å². The molecule has 5 heteroatoms. The van der Waals surface area contributed by atoms with E-state index in [2.05, 4.69) is 0 Å². The maximum atomic E-state index is 12.7. The molecule has 0 saturated heterocycles. The number of halogens is 1. The van der Waals surface area contributed by atoms with Gasteiger partial charge in [-0.05, 0) is 31.2 Å². The van der Waals surface area contributed by atoms with Gasteiger partial charge in [-0.3, -0.25) is 9.69 Å². The fourth-order valence-electron chi connectivity index (χ4n) is 1.39. The first-order valence-corrected chi connectivity index (χ1v) is 4.71. The predicted molar refractivity (Wildman–Crippen MR) is 56.7 cm³/mol. The molecule has 0 aliphatic heterocycles. The number of rotatable bonds is 3. The van der Waals surface area contributed by atoms with Crippen molar-refractivity contribution in [1.29, 1.82) is 0 Å². The summed E-state index contributed by atoms with van der Waals surface area (Å²) < 4.78 is 12.7. The van der Waals surface area contributed by atoms with E-state index in [1.807, 2.05) is 0 Å². The van der Waals surface area contributed by atoms with Crippen LogP contribution in [-0.4, -0.2) is 23.0 Å². The number of benzene rings is 1. The average Bonchev–Trinajstić information content (AvgIpc) is 2.20. The second-order valence-corrected chi connectivity index (χ2v) is 3.38. The number of hydrogen-bond donors (Lipinski definition) is 1. The summed E-state index contributed by atoms with van der Waals surface area (Å²) in [4.78, 5) is 23.3. The molecule has 1 atom stereocenters. The van der Waals surface area contributed by atoms with E-state index >= 15 is 0 Å². The number of hydrogen-bond acceptors (Lipinski definition) is 2. The zero-order valence-corrected chi connectivity index (χ0v) is 8.98. The molecular weight excluding hydrogens is 213 g/mol. The van der Waals surface area contributed by atoms with Crippen LogP contribution in [0, 0.1) is 5.82 Å². The van der Waals surface area contributed by atoms with Crippen molar-refractivity contribution in [3.8, 4) is 0 Å². The van der Waals surface area contributed by atoms with Gasteiger partial charge in [-0.25, -0.2) is 9.18 Å². The van der Waals surface area contributed by atoms with E-state index in [1.165, 1.54) is 38.1 Å². The Morgan fingerprint density at radius 1 is 1.31 bits per heavy atom. The molecule has 0 heterocycles. The molecule has 0 aliphatic carbocycles. The maximum Gasteiger partial charge on any atom is 0.326 e. The predicted octanol–water partition coefficient (Wildman–Crippen LogP) is 1.65. The number of carbonyl (C=O) groups excluding carboxylic acids is 1. The van der Waals surface area contributed by atoms with Crippen LogP contribution in [0.1, 0.15) is 13.8 Å². The Hall–Kier alpha value is -1.91. The van der Waals surface area contributed by atoms with E-state index in [4.69, 9.17) is 5.11 Å². The van der Waals surface area contributed by atoms with Crippen molar-refractivity contribution in [2.75, 3.05) is 4.90 Å². The van der Waals surface area contributed by atoms with E-state index in [9.17, 15) is 14.0 Å². The van der Waals surface area contributed by atoms with Crippen molar-refractivity contribution in [1.82, 2.24) is 0 Å². The topological polar surface area (TPSA) is 57.6 Å². The lowest BCUT2D eigenvalue weighted by Crippen LogP contribution is -2.42. The molecule has 0 spiro atoms. The van der Waals surface area contributed by atoms with Crippen LogP contribution in [0.15, 0.2) is 24.3 Å². The normalized spacial score (nSPS) is 11.9. The molecule has 1 aromatic rings. The van der Waals surface area contributed by atoms with Crippen molar-refractivity contribution in [3.05, 3.63) is 30.1 Å². The summed E-state index contributed by atoms with van der Waals surface area (Å²) in [7, 11) is 0. The van der Waals surface area contributed by atoms with Gasteiger partial charge in [0.25, 0.3) is 0 Å². The van der Waals surface area contributed by atoms with E-state index in [0.717, 1.165) is 4.90 Å². The molecule has 0 fully saturated rings. The minimum absolute atomic E-state index is 0.365. The van der Waals surface area contributed by atoms with Crippen LogP contribution >= 0.6 is 0 Å². The number of anilines is 1. The van der Waals surface area contributed by atoms with Crippen LogP contribution in [0.25, 0.3) is 0 Å². The lowest BCUT2D eigenvalue weighted by molar-refractivity contribution is -0.139.